The van der Waals surface area contributed by atoms with Gasteiger partial charge < -0.3 is 9.84 Å². The molecule has 134 valence electrons. The van der Waals surface area contributed by atoms with Crippen LogP contribution in [0.3, 0.4) is 0 Å². The summed E-state index contributed by atoms with van der Waals surface area (Å²) in [7, 11) is 0. The third-order valence-electron chi connectivity index (χ3n) is 4.45. The number of carboxylic acids is 1. The van der Waals surface area contributed by atoms with Gasteiger partial charge in [-0.1, -0.05) is 70.6 Å². The van der Waals surface area contributed by atoms with Crippen LogP contribution in [0.5, 0.6) is 5.75 Å². The number of benzene rings is 1. The minimum absolute atomic E-state index is 0.370. The number of carboxylic acid groups (broad SMARTS) is 1. The molecule has 1 rings (SSSR count). The zero-order chi connectivity index (χ0) is 18.0. The van der Waals surface area contributed by atoms with Crippen molar-refractivity contribution in [1.82, 2.24) is 0 Å². The Morgan fingerprint density at radius 3 is 2.25 bits per heavy atom. The predicted molar refractivity (Wildman–Crippen MR) is 95.3 cm³/mol. The van der Waals surface area contributed by atoms with Crippen LogP contribution in [-0.2, 0) is 15.0 Å². The summed E-state index contributed by atoms with van der Waals surface area (Å²) in [6.45, 7) is 5.49. The number of ether oxygens (including phenoxy) is 1. The molecule has 4 heteroatoms. The first-order valence-corrected chi connectivity index (χ1v) is 8.99. The average molecular weight is 334 g/mol. The van der Waals surface area contributed by atoms with Gasteiger partial charge in [-0.05, 0) is 18.9 Å². The van der Waals surface area contributed by atoms with Crippen molar-refractivity contribution in [3.63, 3.8) is 0 Å². The molecule has 1 unspecified atom stereocenters. The monoisotopic (exact) mass is 334 g/mol. The minimum atomic E-state index is -0.993. The van der Waals surface area contributed by atoms with Gasteiger partial charge in [0.15, 0.2) is 0 Å². The molecule has 0 radical (unpaired) electrons. The number of aliphatic carboxylic acids is 1. The van der Waals surface area contributed by atoms with E-state index < -0.39 is 17.4 Å². The number of rotatable bonds is 11. The van der Waals surface area contributed by atoms with Gasteiger partial charge in [0.1, 0.15) is 5.75 Å². The van der Waals surface area contributed by atoms with Crippen LogP contribution < -0.4 is 4.74 Å². The number of para-hydroxylation sites is 1. The molecule has 0 saturated heterocycles. The van der Waals surface area contributed by atoms with Gasteiger partial charge in [-0.25, -0.2) is 0 Å². The average Bonchev–Trinajstić information content (AvgIpc) is 2.53. The van der Waals surface area contributed by atoms with E-state index in [2.05, 4.69) is 6.92 Å². The summed E-state index contributed by atoms with van der Waals surface area (Å²) in [5, 5.41) is 10.0. The van der Waals surface area contributed by atoms with Gasteiger partial charge in [0, 0.05) is 12.5 Å². The molecule has 1 aromatic rings. The van der Waals surface area contributed by atoms with Crippen LogP contribution in [0, 0.1) is 0 Å². The van der Waals surface area contributed by atoms with Gasteiger partial charge in [0.2, 0.25) is 0 Å². The number of carbonyl (C=O) groups excluding carboxylic acids is 1. The number of unbranched alkanes of at least 4 members (excludes halogenated alkanes) is 4. The standard InChI is InChI=1S/C20H30O4/c1-4-6-7-8-11-15-20(14-5-2,19(22)23)17-12-9-10-13-18(17)24-16(3)21/h9-10,12-13H,4-8,11,14-15H2,1-3H3,(H,22,23). The maximum atomic E-state index is 12.2. The molecule has 0 saturated carbocycles. The second-order valence-electron chi connectivity index (χ2n) is 6.39. The van der Waals surface area contributed by atoms with Gasteiger partial charge in [0.05, 0.1) is 5.41 Å². The lowest BCUT2D eigenvalue weighted by Gasteiger charge is -2.31. The largest absolute Gasteiger partial charge is 0.481 e. The van der Waals surface area contributed by atoms with E-state index >= 15 is 0 Å². The van der Waals surface area contributed by atoms with Gasteiger partial charge in [-0.15, -0.1) is 0 Å². The third-order valence-corrected chi connectivity index (χ3v) is 4.45. The molecule has 0 aliphatic carbocycles. The fourth-order valence-electron chi connectivity index (χ4n) is 3.29. The Kier molecular flexibility index (Phi) is 8.51. The number of esters is 1. The van der Waals surface area contributed by atoms with Crippen LogP contribution >= 0.6 is 0 Å². The van der Waals surface area contributed by atoms with E-state index in [0.717, 1.165) is 32.1 Å². The number of hydrogen-bond donors (Lipinski definition) is 1. The van der Waals surface area contributed by atoms with Crippen molar-refractivity contribution >= 4 is 11.9 Å². The highest BCUT2D eigenvalue weighted by Gasteiger charge is 2.41. The molecule has 0 spiro atoms. The lowest BCUT2D eigenvalue weighted by molar-refractivity contribution is -0.145. The summed E-state index contributed by atoms with van der Waals surface area (Å²) in [5.41, 5.74) is -0.377. The van der Waals surface area contributed by atoms with Crippen molar-refractivity contribution in [2.75, 3.05) is 0 Å². The fourth-order valence-corrected chi connectivity index (χ4v) is 3.29. The molecule has 0 aliphatic heterocycles. The van der Waals surface area contributed by atoms with Crippen LogP contribution in [0.1, 0.15) is 77.7 Å². The van der Waals surface area contributed by atoms with E-state index in [9.17, 15) is 14.7 Å². The molecule has 0 fully saturated rings. The molecular formula is C20H30O4. The summed E-state index contributed by atoms with van der Waals surface area (Å²) < 4.78 is 5.29. The molecule has 1 atom stereocenters. The smallest absolute Gasteiger partial charge is 0.314 e. The topological polar surface area (TPSA) is 63.6 Å². The van der Waals surface area contributed by atoms with Gasteiger partial charge in [-0.3, -0.25) is 9.59 Å². The summed E-state index contributed by atoms with van der Waals surface area (Å²) in [6, 6.07) is 7.05. The third kappa shape index (κ3) is 5.36. The van der Waals surface area contributed by atoms with E-state index in [4.69, 9.17) is 4.74 Å². The van der Waals surface area contributed by atoms with Gasteiger partial charge in [0.25, 0.3) is 0 Å². The van der Waals surface area contributed by atoms with Crippen LogP contribution in [-0.4, -0.2) is 17.0 Å². The summed E-state index contributed by atoms with van der Waals surface area (Å²) in [4.78, 5) is 23.6. The first-order chi connectivity index (χ1) is 11.5. The van der Waals surface area contributed by atoms with Crippen molar-refractivity contribution < 1.29 is 19.4 Å². The molecule has 1 N–H and O–H groups in total. The van der Waals surface area contributed by atoms with Crippen molar-refractivity contribution in [3.05, 3.63) is 29.8 Å². The summed E-state index contributed by atoms with van der Waals surface area (Å²) in [6.07, 6.45) is 7.22. The van der Waals surface area contributed by atoms with E-state index in [-0.39, 0.29) is 0 Å². The highest BCUT2D eigenvalue weighted by atomic mass is 16.5. The molecule has 0 heterocycles. The maximum Gasteiger partial charge on any atom is 0.314 e. The number of hydrogen-bond acceptors (Lipinski definition) is 3. The number of carbonyl (C=O) groups is 2. The van der Waals surface area contributed by atoms with Crippen LogP contribution in [0.2, 0.25) is 0 Å². The molecular weight excluding hydrogens is 304 g/mol. The lowest BCUT2D eigenvalue weighted by Crippen LogP contribution is -2.36. The van der Waals surface area contributed by atoms with Crippen molar-refractivity contribution in [3.8, 4) is 5.75 Å². The van der Waals surface area contributed by atoms with Crippen molar-refractivity contribution in [1.29, 1.82) is 0 Å². The van der Waals surface area contributed by atoms with Gasteiger partial charge >= 0.3 is 11.9 Å². The lowest BCUT2D eigenvalue weighted by atomic mass is 9.72. The minimum Gasteiger partial charge on any atom is -0.481 e. The second kappa shape index (κ2) is 10.1. The molecule has 0 aromatic heterocycles. The summed E-state index contributed by atoms with van der Waals surface area (Å²) in [5.74, 6) is -0.893. The molecule has 0 aliphatic rings. The quantitative estimate of drug-likeness (QED) is 0.347. The van der Waals surface area contributed by atoms with E-state index in [1.165, 1.54) is 13.3 Å². The van der Waals surface area contributed by atoms with E-state index in [0.29, 0.717) is 24.2 Å². The molecule has 0 amide bonds. The Morgan fingerprint density at radius 2 is 1.67 bits per heavy atom. The second-order valence-corrected chi connectivity index (χ2v) is 6.39. The Morgan fingerprint density at radius 1 is 1.00 bits per heavy atom. The highest BCUT2D eigenvalue weighted by molar-refractivity contribution is 5.83. The molecule has 24 heavy (non-hydrogen) atoms. The maximum absolute atomic E-state index is 12.2. The van der Waals surface area contributed by atoms with Crippen LogP contribution in [0.25, 0.3) is 0 Å². The Bertz CT molecular complexity index is 538. The Balaban J connectivity index is 3.12. The molecule has 1 aromatic carbocycles. The Hall–Kier alpha value is -1.84. The first-order valence-electron chi connectivity index (χ1n) is 8.99. The molecule has 4 nitrogen and oxygen atoms in total. The SMILES string of the molecule is CCCCCCCC(CCC)(C(=O)O)c1ccccc1OC(C)=O. The first kappa shape index (κ1) is 20.2. The van der Waals surface area contributed by atoms with Crippen molar-refractivity contribution in [2.45, 2.75) is 77.6 Å². The van der Waals surface area contributed by atoms with Gasteiger partial charge in [-0.2, -0.15) is 0 Å². The fraction of sp³-hybridized carbons (Fsp3) is 0.600. The van der Waals surface area contributed by atoms with Crippen LogP contribution in [0.15, 0.2) is 24.3 Å². The zero-order valence-electron chi connectivity index (χ0n) is 15.1. The Labute approximate surface area is 145 Å². The van der Waals surface area contributed by atoms with E-state index in [1.807, 2.05) is 13.0 Å². The normalized spacial score (nSPS) is 13.3. The van der Waals surface area contributed by atoms with Crippen LogP contribution in [0.4, 0.5) is 0 Å². The predicted octanol–water partition coefficient (Wildman–Crippen LogP) is 5.09. The van der Waals surface area contributed by atoms with E-state index in [1.54, 1.807) is 18.2 Å². The molecule has 0 bridgehead atoms. The zero-order valence-corrected chi connectivity index (χ0v) is 15.1. The highest BCUT2D eigenvalue weighted by Crippen LogP contribution is 2.40. The van der Waals surface area contributed by atoms with Crippen molar-refractivity contribution in [2.24, 2.45) is 0 Å². The summed E-state index contributed by atoms with van der Waals surface area (Å²) >= 11 is 0.